The lowest BCUT2D eigenvalue weighted by atomic mass is 10.1. The quantitative estimate of drug-likeness (QED) is 0.619. The molecule has 0 saturated heterocycles. The van der Waals surface area contributed by atoms with Crippen LogP contribution in [0.4, 0.5) is 0 Å². The van der Waals surface area contributed by atoms with E-state index in [1.54, 1.807) is 54.6 Å². The molecule has 0 aliphatic carbocycles. The van der Waals surface area contributed by atoms with Crippen LogP contribution in [0, 0.1) is 0 Å². The monoisotopic (exact) mass is 368 g/mol. The van der Waals surface area contributed by atoms with Crippen molar-refractivity contribution < 1.29 is 24.2 Å². The highest BCUT2D eigenvalue weighted by Gasteiger charge is 2.16. The molecule has 0 aliphatic rings. The van der Waals surface area contributed by atoms with Crippen LogP contribution in [-0.4, -0.2) is 36.0 Å². The molecule has 0 fully saturated rings. The van der Waals surface area contributed by atoms with Crippen molar-refractivity contribution in [3.05, 3.63) is 71.4 Å². The van der Waals surface area contributed by atoms with E-state index in [9.17, 15) is 14.4 Å². The SMILES string of the molecule is CCOc1ccccc1C=C(NC(=O)c1ccccc1)C(=O)NCC(=O)O. The van der Waals surface area contributed by atoms with Gasteiger partial charge in [-0.05, 0) is 31.2 Å². The summed E-state index contributed by atoms with van der Waals surface area (Å²) in [4.78, 5) is 35.5. The third kappa shape index (κ3) is 6.00. The first-order valence-corrected chi connectivity index (χ1v) is 8.31. The predicted molar refractivity (Wildman–Crippen MR) is 100 cm³/mol. The minimum atomic E-state index is -1.19. The van der Waals surface area contributed by atoms with Gasteiger partial charge in [0.05, 0.1) is 6.61 Å². The van der Waals surface area contributed by atoms with Gasteiger partial charge in [0.1, 0.15) is 18.0 Å². The first-order chi connectivity index (χ1) is 13.0. The maximum absolute atomic E-state index is 12.4. The number of carbonyl (C=O) groups is 3. The van der Waals surface area contributed by atoms with E-state index in [-0.39, 0.29) is 5.70 Å². The van der Waals surface area contributed by atoms with E-state index in [4.69, 9.17) is 9.84 Å². The number of carbonyl (C=O) groups excluding carboxylic acids is 2. The third-order valence-electron chi connectivity index (χ3n) is 3.45. The summed E-state index contributed by atoms with van der Waals surface area (Å²) in [5.74, 6) is -1.85. The fraction of sp³-hybridized carbons (Fsp3) is 0.150. The number of carboxylic acid groups (broad SMARTS) is 1. The van der Waals surface area contributed by atoms with E-state index in [0.29, 0.717) is 23.5 Å². The molecule has 0 radical (unpaired) electrons. The Labute approximate surface area is 156 Å². The summed E-state index contributed by atoms with van der Waals surface area (Å²) in [5.41, 5.74) is 0.859. The topological polar surface area (TPSA) is 105 Å². The van der Waals surface area contributed by atoms with Crippen LogP contribution >= 0.6 is 0 Å². The number of ether oxygens (including phenoxy) is 1. The van der Waals surface area contributed by atoms with Crippen molar-refractivity contribution in [3.63, 3.8) is 0 Å². The van der Waals surface area contributed by atoms with E-state index >= 15 is 0 Å². The number of amides is 2. The molecule has 2 amide bonds. The Morgan fingerprint density at radius 1 is 1.04 bits per heavy atom. The van der Waals surface area contributed by atoms with Gasteiger partial charge in [-0.3, -0.25) is 14.4 Å². The molecular formula is C20H20N2O5. The number of hydrogen-bond acceptors (Lipinski definition) is 4. The Morgan fingerprint density at radius 3 is 2.37 bits per heavy atom. The molecule has 140 valence electrons. The van der Waals surface area contributed by atoms with Crippen LogP contribution in [0.15, 0.2) is 60.3 Å². The Balaban J connectivity index is 2.33. The first kappa shape index (κ1) is 19.7. The van der Waals surface area contributed by atoms with Gasteiger partial charge in [0, 0.05) is 11.1 Å². The van der Waals surface area contributed by atoms with E-state index in [2.05, 4.69) is 10.6 Å². The molecule has 7 nitrogen and oxygen atoms in total. The lowest BCUT2D eigenvalue weighted by Crippen LogP contribution is -2.37. The average Bonchev–Trinajstić information content (AvgIpc) is 2.67. The van der Waals surface area contributed by atoms with Crippen molar-refractivity contribution in [2.75, 3.05) is 13.2 Å². The normalized spacial score (nSPS) is 10.8. The van der Waals surface area contributed by atoms with Crippen LogP contribution in [0.25, 0.3) is 6.08 Å². The molecular weight excluding hydrogens is 348 g/mol. The standard InChI is InChI=1S/C20H20N2O5/c1-2-27-17-11-7-6-10-15(17)12-16(20(26)21-13-18(23)24)22-19(25)14-8-4-3-5-9-14/h3-12H,2,13H2,1H3,(H,21,26)(H,22,25)(H,23,24). The maximum Gasteiger partial charge on any atom is 0.322 e. The maximum atomic E-state index is 12.4. The van der Waals surface area contributed by atoms with E-state index < -0.39 is 24.3 Å². The molecule has 2 rings (SSSR count). The first-order valence-electron chi connectivity index (χ1n) is 8.31. The molecule has 0 atom stereocenters. The minimum absolute atomic E-state index is 0.0859. The lowest BCUT2D eigenvalue weighted by Gasteiger charge is -2.12. The highest BCUT2D eigenvalue weighted by atomic mass is 16.5. The van der Waals surface area contributed by atoms with Crippen LogP contribution in [0.2, 0.25) is 0 Å². The fourth-order valence-electron chi connectivity index (χ4n) is 2.24. The Kier molecular flexibility index (Phi) is 7.13. The van der Waals surface area contributed by atoms with Crippen LogP contribution in [0.5, 0.6) is 5.75 Å². The molecule has 0 aromatic heterocycles. The smallest absolute Gasteiger partial charge is 0.322 e. The van der Waals surface area contributed by atoms with Gasteiger partial charge in [-0.25, -0.2) is 0 Å². The van der Waals surface area contributed by atoms with Gasteiger partial charge in [0.25, 0.3) is 11.8 Å². The zero-order chi connectivity index (χ0) is 19.6. The van der Waals surface area contributed by atoms with Crippen molar-refractivity contribution in [3.8, 4) is 5.75 Å². The van der Waals surface area contributed by atoms with Crippen molar-refractivity contribution >= 4 is 23.9 Å². The molecule has 0 saturated carbocycles. The minimum Gasteiger partial charge on any atom is -0.493 e. The summed E-state index contributed by atoms with van der Waals surface area (Å²) in [6, 6.07) is 15.4. The van der Waals surface area contributed by atoms with Gasteiger partial charge in [0.2, 0.25) is 0 Å². The summed E-state index contributed by atoms with van der Waals surface area (Å²) in [7, 11) is 0. The lowest BCUT2D eigenvalue weighted by molar-refractivity contribution is -0.137. The molecule has 2 aromatic rings. The van der Waals surface area contributed by atoms with Gasteiger partial charge in [-0.1, -0.05) is 36.4 Å². The molecule has 0 heterocycles. The molecule has 0 spiro atoms. The summed E-state index contributed by atoms with van der Waals surface area (Å²) >= 11 is 0. The van der Waals surface area contributed by atoms with Crippen LogP contribution in [0.1, 0.15) is 22.8 Å². The number of para-hydroxylation sites is 1. The Hall–Kier alpha value is -3.61. The Morgan fingerprint density at radius 2 is 1.70 bits per heavy atom. The third-order valence-corrected chi connectivity index (χ3v) is 3.45. The highest BCUT2D eigenvalue weighted by Crippen LogP contribution is 2.20. The van der Waals surface area contributed by atoms with Crippen LogP contribution in [-0.2, 0) is 9.59 Å². The average molecular weight is 368 g/mol. The van der Waals surface area contributed by atoms with Gasteiger partial charge in [-0.15, -0.1) is 0 Å². The van der Waals surface area contributed by atoms with Gasteiger partial charge in [-0.2, -0.15) is 0 Å². The largest absolute Gasteiger partial charge is 0.493 e. The number of benzene rings is 2. The molecule has 2 aromatic carbocycles. The summed E-state index contributed by atoms with van der Waals surface area (Å²) < 4.78 is 5.52. The summed E-state index contributed by atoms with van der Waals surface area (Å²) in [6.07, 6.45) is 1.45. The number of rotatable bonds is 8. The summed E-state index contributed by atoms with van der Waals surface area (Å²) in [5, 5.41) is 13.6. The molecule has 27 heavy (non-hydrogen) atoms. The second-order valence-electron chi connectivity index (χ2n) is 5.43. The summed E-state index contributed by atoms with van der Waals surface area (Å²) in [6.45, 7) is 1.70. The zero-order valence-electron chi connectivity index (χ0n) is 14.8. The molecule has 7 heteroatoms. The predicted octanol–water partition coefficient (Wildman–Crippen LogP) is 2.06. The molecule has 0 unspecified atom stereocenters. The van der Waals surface area contributed by atoms with Crippen molar-refractivity contribution in [2.24, 2.45) is 0 Å². The Bertz CT molecular complexity index is 846. The van der Waals surface area contributed by atoms with E-state index in [0.717, 1.165) is 0 Å². The van der Waals surface area contributed by atoms with E-state index in [1.165, 1.54) is 6.08 Å². The fourth-order valence-corrected chi connectivity index (χ4v) is 2.24. The number of nitrogens with one attached hydrogen (secondary N) is 2. The van der Waals surface area contributed by atoms with E-state index in [1.807, 2.05) is 6.92 Å². The zero-order valence-corrected chi connectivity index (χ0v) is 14.8. The van der Waals surface area contributed by atoms with Gasteiger partial charge < -0.3 is 20.5 Å². The molecule has 0 aliphatic heterocycles. The van der Waals surface area contributed by atoms with Gasteiger partial charge >= 0.3 is 5.97 Å². The highest BCUT2D eigenvalue weighted by molar-refractivity contribution is 6.06. The van der Waals surface area contributed by atoms with Crippen LogP contribution < -0.4 is 15.4 Å². The number of hydrogen-bond donors (Lipinski definition) is 3. The van der Waals surface area contributed by atoms with Crippen molar-refractivity contribution in [1.29, 1.82) is 0 Å². The molecule has 3 N–H and O–H groups in total. The molecule has 0 bridgehead atoms. The van der Waals surface area contributed by atoms with Crippen molar-refractivity contribution in [2.45, 2.75) is 6.92 Å². The second-order valence-corrected chi connectivity index (χ2v) is 5.43. The van der Waals surface area contributed by atoms with Crippen molar-refractivity contribution in [1.82, 2.24) is 10.6 Å². The second kappa shape index (κ2) is 9.76. The number of carboxylic acids is 1. The van der Waals surface area contributed by atoms with Crippen LogP contribution in [0.3, 0.4) is 0 Å². The van der Waals surface area contributed by atoms with Gasteiger partial charge in [0.15, 0.2) is 0 Å². The number of aliphatic carboxylic acids is 1.